The van der Waals surface area contributed by atoms with Crippen LogP contribution in [0.4, 0.5) is 10.1 Å². The summed E-state index contributed by atoms with van der Waals surface area (Å²) in [7, 11) is 0. The minimum atomic E-state index is -0.910. The van der Waals surface area contributed by atoms with Gasteiger partial charge < -0.3 is 0 Å². The Morgan fingerprint density at radius 2 is 2.10 bits per heavy atom. The summed E-state index contributed by atoms with van der Waals surface area (Å²) in [4.78, 5) is 21.4. The second-order valence-electron chi connectivity index (χ2n) is 4.31. The standard InChI is InChI=1S/C10H8FN5O3.C2H6/c11-7-3-6(5-1-2-5)8(4-9(7)16(18)19)15-10(17)12-13-14-15;1-2/h3-5H,1-2H2,(H,12,14,17);1-2H3. The largest absolute Gasteiger partial charge is 0.365 e. The average molecular weight is 295 g/mol. The number of nitro groups is 1. The fraction of sp³-hybridized carbons (Fsp3) is 0.417. The number of hydrogen-bond acceptors (Lipinski definition) is 5. The zero-order valence-electron chi connectivity index (χ0n) is 11.5. The monoisotopic (exact) mass is 295 g/mol. The second kappa shape index (κ2) is 5.81. The van der Waals surface area contributed by atoms with E-state index in [0.29, 0.717) is 5.56 Å². The first-order valence-electron chi connectivity index (χ1n) is 6.56. The molecular formula is C12H14FN5O3. The number of rotatable bonds is 3. The summed E-state index contributed by atoms with van der Waals surface area (Å²) >= 11 is 0. The Hall–Kier alpha value is -2.58. The molecule has 0 bridgehead atoms. The van der Waals surface area contributed by atoms with Crippen molar-refractivity contribution in [2.75, 3.05) is 0 Å². The Kier molecular flexibility index (Phi) is 4.10. The van der Waals surface area contributed by atoms with E-state index in [4.69, 9.17) is 0 Å². The van der Waals surface area contributed by atoms with Crippen molar-refractivity contribution in [3.63, 3.8) is 0 Å². The minimum Gasteiger partial charge on any atom is -0.258 e. The highest BCUT2D eigenvalue weighted by molar-refractivity contribution is 5.52. The Balaban J connectivity index is 0.000000774. The van der Waals surface area contributed by atoms with Crippen LogP contribution < -0.4 is 5.69 Å². The number of nitrogens with one attached hydrogen (secondary N) is 1. The van der Waals surface area contributed by atoms with Gasteiger partial charge in [-0.2, -0.15) is 9.07 Å². The van der Waals surface area contributed by atoms with Crippen LogP contribution in [-0.4, -0.2) is 25.1 Å². The predicted octanol–water partition coefficient (Wildman–Crippen LogP) is 1.91. The fourth-order valence-corrected chi connectivity index (χ4v) is 1.97. The lowest BCUT2D eigenvalue weighted by atomic mass is 10.1. The summed E-state index contributed by atoms with van der Waals surface area (Å²) in [6.45, 7) is 4.00. The molecule has 0 aliphatic heterocycles. The molecule has 1 saturated carbocycles. The predicted molar refractivity (Wildman–Crippen MR) is 71.9 cm³/mol. The third-order valence-electron chi connectivity index (χ3n) is 3.01. The Morgan fingerprint density at radius 3 is 2.57 bits per heavy atom. The Bertz CT molecular complexity index is 720. The molecule has 1 heterocycles. The number of halogens is 1. The number of tetrazole rings is 1. The van der Waals surface area contributed by atoms with E-state index in [-0.39, 0.29) is 11.6 Å². The highest BCUT2D eigenvalue weighted by Gasteiger charge is 2.31. The van der Waals surface area contributed by atoms with Gasteiger partial charge in [-0.1, -0.05) is 13.8 Å². The maximum atomic E-state index is 13.6. The molecule has 112 valence electrons. The number of nitrogens with zero attached hydrogens (tertiary/aromatic N) is 4. The third kappa shape index (κ3) is 2.81. The van der Waals surface area contributed by atoms with E-state index >= 15 is 0 Å². The molecule has 0 radical (unpaired) electrons. The first kappa shape index (κ1) is 14.8. The van der Waals surface area contributed by atoms with Gasteiger partial charge in [0.15, 0.2) is 0 Å². The molecule has 0 unspecified atom stereocenters. The van der Waals surface area contributed by atoms with Crippen LogP contribution in [0.25, 0.3) is 5.69 Å². The number of aromatic amines is 1. The molecule has 0 saturated heterocycles. The number of hydrogen-bond donors (Lipinski definition) is 1. The van der Waals surface area contributed by atoms with Gasteiger partial charge in [0.25, 0.3) is 0 Å². The molecule has 1 fully saturated rings. The van der Waals surface area contributed by atoms with Crippen LogP contribution in [0.3, 0.4) is 0 Å². The Labute approximate surface area is 118 Å². The molecule has 0 atom stereocenters. The first-order chi connectivity index (χ1) is 10.1. The van der Waals surface area contributed by atoms with Crippen molar-refractivity contribution >= 4 is 5.69 Å². The molecule has 8 nitrogen and oxygen atoms in total. The SMILES string of the molecule is CC.O=c1[nH]nnn1-c1cc([N+](=O)[O-])c(F)cc1C1CC1. The van der Waals surface area contributed by atoms with Crippen molar-refractivity contribution in [3.8, 4) is 5.69 Å². The van der Waals surface area contributed by atoms with Gasteiger partial charge in [-0.15, -0.1) is 0 Å². The zero-order chi connectivity index (χ0) is 15.6. The molecular weight excluding hydrogens is 281 g/mol. The van der Waals surface area contributed by atoms with E-state index in [9.17, 15) is 19.3 Å². The van der Waals surface area contributed by atoms with Gasteiger partial charge in [-0.3, -0.25) is 10.1 Å². The van der Waals surface area contributed by atoms with Gasteiger partial charge in [0.2, 0.25) is 5.82 Å². The molecule has 3 rings (SSSR count). The normalized spacial score (nSPS) is 13.5. The zero-order valence-corrected chi connectivity index (χ0v) is 11.5. The van der Waals surface area contributed by atoms with Gasteiger partial charge in [0, 0.05) is 6.07 Å². The molecule has 0 spiro atoms. The van der Waals surface area contributed by atoms with Gasteiger partial charge in [0.1, 0.15) is 0 Å². The molecule has 1 N–H and O–H groups in total. The Morgan fingerprint density at radius 1 is 1.43 bits per heavy atom. The first-order valence-corrected chi connectivity index (χ1v) is 6.56. The molecule has 9 heteroatoms. The van der Waals surface area contributed by atoms with Crippen LogP contribution in [0.2, 0.25) is 0 Å². The van der Waals surface area contributed by atoms with Crippen LogP contribution >= 0.6 is 0 Å². The van der Waals surface area contributed by atoms with Gasteiger partial charge >= 0.3 is 11.4 Å². The van der Waals surface area contributed by atoms with Crippen molar-refractivity contribution in [2.24, 2.45) is 0 Å². The topological polar surface area (TPSA) is 107 Å². The third-order valence-corrected chi connectivity index (χ3v) is 3.01. The smallest absolute Gasteiger partial charge is 0.258 e. The number of benzene rings is 1. The van der Waals surface area contributed by atoms with E-state index in [0.717, 1.165) is 29.7 Å². The molecule has 21 heavy (non-hydrogen) atoms. The lowest BCUT2D eigenvalue weighted by Gasteiger charge is -2.07. The van der Waals surface area contributed by atoms with E-state index in [1.165, 1.54) is 0 Å². The quantitative estimate of drug-likeness (QED) is 0.687. The number of H-pyrrole nitrogens is 1. The van der Waals surface area contributed by atoms with E-state index < -0.39 is 22.1 Å². The summed E-state index contributed by atoms with van der Waals surface area (Å²) in [5.41, 5.74) is -0.564. The molecule has 0 amide bonds. The summed E-state index contributed by atoms with van der Waals surface area (Å²) in [6, 6.07) is 2.12. The number of nitro benzene ring substituents is 1. The average Bonchev–Trinajstić information content (AvgIpc) is 3.23. The molecule has 2 aromatic rings. The molecule has 1 aliphatic carbocycles. The van der Waals surface area contributed by atoms with Crippen molar-refractivity contribution in [3.05, 3.63) is 44.1 Å². The summed E-state index contributed by atoms with van der Waals surface area (Å²) in [6.07, 6.45) is 1.72. The van der Waals surface area contributed by atoms with Gasteiger partial charge in [-0.05, 0) is 40.8 Å². The molecule has 1 aliphatic rings. The number of aromatic nitrogens is 4. The highest BCUT2D eigenvalue weighted by Crippen LogP contribution is 2.43. The maximum Gasteiger partial charge on any atom is 0.365 e. The van der Waals surface area contributed by atoms with E-state index in [1.54, 1.807) is 0 Å². The van der Waals surface area contributed by atoms with Crippen LogP contribution in [0.1, 0.15) is 38.2 Å². The van der Waals surface area contributed by atoms with Crippen LogP contribution in [0.5, 0.6) is 0 Å². The van der Waals surface area contributed by atoms with Gasteiger partial charge in [0.05, 0.1) is 10.6 Å². The van der Waals surface area contributed by atoms with Crippen molar-refractivity contribution in [1.82, 2.24) is 20.2 Å². The van der Waals surface area contributed by atoms with Crippen molar-refractivity contribution in [1.29, 1.82) is 0 Å². The summed E-state index contributed by atoms with van der Waals surface area (Å²) in [5.74, 6) is -0.805. The summed E-state index contributed by atoms with van der Waals surface area (Å²) < 4.78 is 14.5. The fourth-order valence-electron chi connectivity index (χ4n) is 1.97. The summed E-state index contributed by atoms with van der Waals surface area (Å²) in [5, 5.41) is 19.7. The van der Waals surface area contributed by atoms with Crippen LogP contribution in [-0.2, 0) is 0 Å². The lowest BCUT2D eigenvalue weighted by molar-refractivity contribution is -0.387. The van der Waals surface area contributed by atoms with E-state index in [2.05, 4.69) is 15.5 Å². The van der Waals surface area contributed by atoms with Gasteiger partial charge in [-0.25, -0.2) is 9.89 Å². The van der Waals surface area contributed by atoms with E-state index in [1.807, 2.05) is 13.8 Å². The second-order valence-corrected chi connectivity index (χ2v) is 4.31. The molecule has 1 aromatic heterocycles. The highest BCUT2D eigenvalue weighted by atomic mass is 19.1. The maximum absolute atomic E-state index is 13.6. The van der Waals surface area contributed by atoms with Crippen LogP contribution in [0, 0.1) is 15.9 Å². The van der Waals surface area contributed by atoms with Crippen molar-refractivity contribution < 1.29 is 9.31 Å². The minimum absolute atomic E-state index is 0.105. The van der Waals surface area contributed by atoms with Crippen LogP contribution in [0.15, 0.2) is 16.9 Å². The molecule has 1 aromatic carbocycles. The van der Waals surface area contributed by atoms with Crippen molar-refractivity contribution in [2.45, 2.75) is 32.6 Å². The lowest BCUT2D eigenvalue weighted by Crippen LogP contribution is -2.18.